The molecule has 1 aromatic heterocycles. The van der Waals surface area contributed by atoms with Crippen molar-refractivity contribution >= 4 is 12.2 Å². The highest BCUT2D eigenvalue weighted by Crippen LogP contribution is 2.19. The van der Waals surface area contributed by atoms with Crippen molar-refractivity contribution < 1.29 is 9.13 Å². The lowest BCUT2D eigenvalue weighted by Gasteiger charge is -2.05. The molecule has 5 heteroatoms. The number of hydrogen-bond acceptors (Lipinski definition) is 3. The molecule has 1 heterocycles. The average Bonchev–Trinajstić information content (AvgIpc) is 2.62. The van der Waals surface area contributed by atoms with Gasteiger partial charge in [-0.05, 0) is 48.6 Å². The third-order valence-electron chi connectivity index (χ3n) is 3.46. The van der Waals surface area contributed by atoms with Crippen LogP contribution in [-0.2, 0) is 0 Å². The number of para-hydroxylation sites is 1. The molecule has 0 saturated carbocycles. The predicted octanol–water partition coefficient (Wildman–Crippen LogP) is 3.55. The zero-order chi connectivity index (χ0) is 16.9. The zero-order valence-corrected chi connectivity index (χ0v) is 13.0. The van der Waals surface area contributed by atoms with Gasteiger partial charge in [0.05, 0.1) is 18.5 Å². The molecule has 4 nitrogen and oxygen atoms in total. The Bertz CT molecular complexity index is 931. The van der Waals surface area contributed by atoms with Gasteiger partial charge in [0.2, 0.25) is 0 Å². The summed E-state index contributed by atoms with van der Waals surface area (Å²) in [4.78, 5) is 12.0. The Morgan fingerprint density at radius 1 is 1.00 bits per heavy atom. The second-order valence-electron chi connectivity index (χ2n) is 5.06. The van der Waals surface area contributed by atoms with Crippen LogP contribution in [0.25, 0.3) is 17.8 Å². The van der Waals surface area contributed by atoms with Gasteiger partial charge in [-0.1, -0.05) is 18.2 Å². The van der Waals surface area contributed by atoms with Gasteiger partial charge in [-0.2, -0.15) is 9.78 Å². The number of aromatic nitrogens is 2. The second kappa shape index (κ2) is 6.91. The SMILES string of the molecule is COc1ccccc1/C=C/c1ccc(=O)n(-c2ccc(F)cc2)n1. The van der Waals surface area contributed by atoms with Gasteiger partial charge in [-0.15, -0.1) is 0 Å². The summed E-state index contributed by atoms with van der Waals surface area (Å²) in [5, 5.41) is 4.30. The van der Waals surface area contributed by atoms with Crippen molar-refractivity contribution in [2.45, 2.75) is 0 Å². The van der Waals surface area contributed by atoms with Crippen molar-refractivity contribution in [3.8, 4) is 11.4 Å². The lowest BCUT2D eigenvalue weighted by Crippen LogP contribution is -2.20. The van der Waals surface area contributed by atoms with Gasteiger partial charge in [-0.25, -0.2) is 4.39 Å². The van der Waals surface area contributed by atoms with Gasteiger partial charge in [-0.3, -0.25) is 4.79 Å². The predicted molar refractivity (Wildman–Crippen MR) is 91.7 cm³/mol. The second-order valence-corrected chi connectivity index (χ2v) is 5.06. The fourth-order valence-corrected chi connectivity index (χ4v) is 2.26. The maximum absolute atomic E-state index is 13.0. The highest BCUT2D eigenvalue weighted by atomic mass is 19.1. The minimum Gasteiger partial charge on any atom is -0.496 e. The van der Waals surface area contributed by atoms with Gasteiger partial charge < -0.3 is 4.74 Å². The monoisotopic (exact) mass is 322 g/mol. The Labute approximate surface area is 138 Å². The van der Waals surface area contributed by atoms with E-state index < -0.39 is 0 Å². The van der Waals surface area contributed by atoms with Crippen LogP contribution in [0, 0.1) is 5.82 Å². The number of halogens is 1. The minimum atomic E-state index is -0.362. The van der Waals surface area contributed by atoms with Crippen LogP contribution in [0.5, 0.6) is 5.75 Å². The molecule has 0 atom stereocenters. The molecule has 0 N–H and O–H groups in total. The molecular formula is C19H15FN2O2. The largest absolute Gasteiger partial charge is 0.496 e. The third kappa shape index (κ3) is 3.41. The van der Waals surface area contributed by atoms with Crippen molar-refractivity contribution in [1.29, 1.82) is 0 Å². The van der Waals surface area contributed by atoms with E-state index in [1.54, 1.807) is 19.3 Å². The van der Waals surface area contributed by atoms with Crippen LogP contribution < -0.4 is 10.3 Å². The van der Waals surface area contributed by atoms with Gasteiger partial charge in [0, 0.05) is 11.6 Å². The van der Waals surface area contributed by atoms with E-state index in [0.717, 1.165) is 11.3 Å². The molecule has 3 rings (SSSR count). The summed E-state index contributed by atoms with van der Waals surface area (Å²) >= 11 is 0. The molecule has 0 fully saturated rings. The molecule has 0 spiro atoms. The van der Waals surface area contributed by atoms with Crippen LogP contribution in [0.1, 0.15) is 11.3 Å². The highest BCUT2D eigenvalue weighted by molar-refractivity contribution is 5.71. The third-order valence-corrected chi connectivity index (χ3v) is 3.46. The summed E-state index contributed by atoms with van der Waals surface area (Å²) in [5.41, 5.74) is 1.73. The molecule has 0 aliphatic rings. The molecule has 24 heavy (non-hydrogen) atoms. The van der Waals surface area contributed by atoms with Crippen molar-refractivity contribution in [3.05, 3.63) is 88.1 Å². The van der Waals surface area contributed by atoms with Crippen LogP contribution >= 0.6 is 0 Å². The highest BCUT2D eigenvalue weighted by Gasteiger charge is 2.03. The fourth-order valence-electron chi connectivity index (χ4n) is 2.26. The standard InChI is InChI=1S/C19H15FN2O2/c1-24-18-5-3-2-4-14(18)6-9-16-10-13-19(23)22(21-16)17-11-7-15(20)8-12-17/h2-13H,1H3/b9-6+. The number of methoxy groups -OCH3 is 1. The first-order chi connectivity index (χ1) is 11.7. The molecule has 0 radical (unpaired) electrons. The molecule has 120 valence electrons. The Morgan fingerprint density at radius 3 is 2.50 bits per heavy atom. The number of hydrogen-bond donors (Lipinski definition) is 0. The van der Waals surface area contributed by atoms with Crippen molar-refractivity contribution in [3.63, 3.8) is 0 Å². The summed E-state index contributed by atoms with van der Waals surface area (Å²) in [6.07, 6.45) is 3.65. The quantitative estimate of drug-likeness (QED) is 0.738. The fraction of sp³-hybridized carbons (Fsp3) is 0.0526. The molecule has 0 aliphatic heterocycles. The smallest absolute Gasteiger partial charge is 0.271 e. The van der Waals surface area contributed by atoms with Gasteiger partial charge in [0.1, 0.15) is 11.6 Å². The van der Waals surface area contributed by atoms with Gasteiger partial charge in [0.15, 0.2) is 0 Å². The first-order valence-electron chi connectivity index (χ1n) is 7.35. The van der Waals surface area contributed by atoms with E-state index in [0.29, 0.717) is 11.4 Å². The van der Waals surface area contributed by atoms with E-state index in [-0.39, 0.29) is 11.4 Å². The van der Waals surface area contributed by atoms with Crippen molar-refractivity contribution in [1.82, 2.24) is 9.78 Å². The van der Waals surface area contributed by atoms with Crippen molar-refractivity contribution in [2.75, 3.05) is 7.11 Å². The van der Waals surface area contributed by atoms with E-state index in [4.69, 9.17) is 4.74 Å². The summed E-state index contributed by atoms with van der Waals surface area (Å²) in [6, 6.07) is 16.3. The lowest BCUT2D eigenvalue weighted by molar-refractivity contribution is 0.414. The normalized spacial score (nSPS) is 10.9. The Morgan fingerprint density at radius 2 is 1.75 bits per heavy atom. The van der Waals surface area contributed by atoms with Gasteiger partial charge >= 0.3 is 0 Å². The van der Waals surface area contributed by atoms with E-state index >= 15 is 0 Å². The average molecular weight is 322 g/mol. The lowest BCUT2D eigenvalue weighted by atomic mass is 10.2. The molecule has 0 aliphatic carbocycles. The van der Waals surface area contributed by atoms with Crippen LogP contribution in [0.4, 0.5) is 4.39 Å². The molecular weight excluding hydrogens is 307 g/mol. The van der Waals surface area contributed by atoms with Crippen LogP contribution in [-0.4, -0.2) is 16.9 Å². The summed E-state index contributed by atoms with van der Waals surface area (Å²) < 4.78 is 19.6. The van der Waals surface area contributed by atoms with Crippen molar-refractivity contribution in [2.24, 2.45) is 0 Å². The molecule has 0 amide bonds. The molecule has 3 aromatic rings. The summed E-state index contributed by atoms with van der Waals surface area (Å²) in [7, 11) is 1.61. The summed E-state index contributed by atoms with van der Waals surface area (Å²) in [5.74, 6) is 0.389. The maximum atomic E-state index is 13.0. The van der Waals surface area contributed by atoms with Crippen LogP contribution in [0.2, 0.25) is 0 Å². The maximum Gasteiger partial charge on any atom is 0.271 e. The van der Waals surface area contributed by atoms with Gasteiger partial charge in [0.25, 0.3) is 5.56 Å². The molecule has 0 bridgehead atoms. The Hall–Kier alpha value is -3.21. The van der Waals surface area contributed by atoms with Crippen LogP contribution in [0.15, 0.2) is 65.5 Å². The minimum absolute atomic E-state index is 0.281. The van der Waals surface area contributed by atoms with E-state index in [9.17, 15) is 9.18 Å². The zero-order valence-electron chi connectivity index (χ0n) is 13.0. The number of ether oxygens (including phenoxy) is 1. The first-order valence-corrected chi connectivity index (χ1v) is 7.35. The van der Waals surface area contributed by atoms with Crippen LogP contribution in [0.3, 0.4) is 0 Å². The Kier molecular flexibility index (Phi) is 4.52. The summed E-state index contributed by atoms with van der Waals surface area (Å²) in [6.45, 7) is 0. The number of rotatable bonds is 4. The molecule has 2 aromatic carbocycles. The van der Waals surface area contributed by atoms with E-state index in [1.165, 1.54) is 35.0 Å². The topological polar surface area (TPSA) is 44.1 Å². The molecule has 0 unspecified atom stereocenters. The number of nitrogens with zero attached hydrogens (tertiary/aromatic N) is 2. The Balaban J connectivity index is 1.95. The van der Waals surface area contributed by atoms with E-state index in [1.807, 2.05) is 30.3 Å². The molecule has 0 saturated heterocycles. The number of benzene rings is 2. The van der Waals surface area contributed by atoms with E-state index in [2.05, 4.69) is 5.10 Å². The first kappa shape index (κ1) is 15.7.